The van der Waals surface area contributed by atoms with Gasteiger partial charge in [0.1, 0.15) is 5.69 Å². The van der Waals surface area contributed by atoms with Crippen molar-refractivity contribution in [3.8, 4) is 0 Å². The largest absolute Gasteiger partial charge is 0.327 e. The number of rotatable bonds is 3. The molecule has 0 fully saturated rings. The van der Waals surface area contributed by atoms with Crippen LogP contribution in [-0.2, 0) is 10.0 Å². The smallest absolute Gasteiger partial charge is 0.272 e. The van der Waals surface area contributed by atoms with Gasteiger partial charge >= 0.3 is 0 Å². The van der Waals surface area contributed by atoms with Crippen LogP contribution in [0.3, 0.4) is 0 Å². The zero-order chi connectivity index (χ0) is 14.0. The number of H-pyrrole nitrogens is 1. The van der Waals surface area contributed by atoms with Gasteiger partial charge in [-0.1, -0.05) is 17.7 Å². The van der Waals surface area contributed by atoms with E-state index in [1.165, 1.54) is 18.3 Å². The van der Waals surface area contributed by atoms with Crippen molar-refractivity contribution in [2.45, 2.75) is 18.7 Å². The number of sulfonamides is 1. The van der Waals surface area contributed by atoms with Crippen molar-refractivity contribution in [2.24, 2.45) is 0 Å². The molecule has 0 radical (unpaired) electrons. The Bertz CT molecular complexity index is 763. The van der Waals surface area contributed by atoms with Crippen molar-refractivity contribution < 1.29 is 8.42 Å². The third kappa shape index (κ3) is 2.85. The van der Waals surface area contributed by atoms with Gasteiger partial charge in [-0.3, -0.25) is 9.52 Å². The summed E-state index contributed by atoms with van der Waals surface area (Å²) in [7, 11) is -3.75. The van der Waals surface area contributed by atoms with Gasteiger partial charge in [0.25, 0.3) is 15.6 Å². The Morgan fingerprint density at radius 3 is 2.53 bits per heavy atom. The average Bonchev–Trinajstić information content (AvgIpc) is 2.31. The molecule has 0 saturated heterocycles. The molecule has 0 aliphatic carbocycles. The molecule has 2 rings (SSSR count). The number of aromatic amines is 1. The van der Waals surface area contributed by atoms with E-state index < -0.39 is 15.6 Å². The Hall–Kier alpha value is -2.08. The summed E-state index contributed by atoms with van der Waals surface area (Å²) in [4.78, 5) is 14.1. The number of aryl methyl sites for hydroxylation is 2. The van der Waals surface area contributed by atoms with Crippen molar-refractivity contribution in [3.05, 3.63) is 58.0 Å². The van der Waals surface area contributed by atoms with E-state index in [4.69, 9.17) is 0 Å². The van der Waals surface area contributed by atoms with Crippen LogP contribution in [0.1, 0.15) is 11.1 Å². The molecule has 0 saturated carbocycles. The standard InChI is InChI=1S/C13H14N2O3S/c1-9-5-6-12(10(2)8-9)19(17,18)15-11-4-3-7-14-13(11)16/h3-8,15H,1-2H3,(H,14,16). The fourth-order valence-electron chi connectivity index (χ4n) is 1.80. The normalized spacial score (nSPS) is 11.3. The number of hydrogen-bond donors (Lipinski definition) is 2. The highest BCUT2D eigenvalue weighted by Crippen LogP contribution is 2.18. The van der Waals surface area contributed by atoms with E-state index in [1.54, 1.807) is 25.1 Å². The van der Waals surface area contributed by atoms with Crippen LogP contribution in [0.25, 0.3) is 0 Å². The summed E-state index contributed by atoms with van der Waals surface area (Å²) in [5.74, 6) is 0. The molecule has 0 aliphatic rings. The highest BCUT2D eigenvalue weighted by molar-refractivity contribution is 7.92. The highest BCUT2D eigenvalue weighted by atomic mass is 32.2. The molecule has 5 nitrogen and oxygen atoms in total. The van der Waals surface area contributed by atoms with Crippen molar-refractivity contribution in [2.75, 3.05) is 4.72 Å². The Labute approximate surface area is 111 Å². The SMILES string of the molecule is Cc1ccc(S(=O)(=O)Nc2ccc[nH]c2=O)c(C)c1. The molecule has 100 valence electrons. The predicted octanol–water partition coefficient (Wildman–Crippen LogP) is 1.79. The topological polar surface area (TPSA) is 79.0 Å². The van der Waals surface area contributed by atoms with E-state index in [2.05, 4.69) is 9.71 Å². The van der Waals surface area contributed by atoms with Crippen molar-refractivity contribution in [1.29, 1.82) is 0 Å². The number of aromatic nitrogens is 1. The second-order valence-corrected chi connectivity index (χ2v) is 5.94. The van der Waals surface area contributed by atoms with E-state index in [1.807, 2.05) is 6.92 Å². The Morgan fingerprint density at radius 2 is 1.89 bits per heavy atom. The predicted molar refractivity (Wildman–Crippen MR) is 73.8 cm³/mol. The quantitative estimate of drug-likeness (QED) is 0.898. The summed E-state index contributed by atoms with van der Waals surface area (Å²) < 4.78 is 26.7. The highest BCUT2D eigenvalue weighted by Gasteiger charge is 2.17. The molecule has 0 spiro atoms. The van der Waals surface area contributed by atoms with Gasteiger partial charge in [-0.2, -0.15) is 0 Å². The molecule has 0 bridgehead atoms. The van der Waals surface area contributed by atoms with Crippen LogP contribution in [0.2, 0.25) is 0 Å². The van der Waals surface area contributed by atoms with E-state index in [9.17, 15) is 13.2 Å². The fraction of sp³-hybridized carbons (Fsp3) is 0.154. The molecular weight excluding hydrogens is 264 g/mol. The maximum atomic E-state index is 12.2. The molecule has 0 atom stereocenters. The molecular formula is C13H14N2O3S. The van der Waals surface area contributed by atoms with Gasteiger partial charge in [0.05, 0.1) is 4.90 Å². The van der Waals surface area contributed by atoms with E-state index in [0.717, 1.165) is 5.56 Å². The molecule has 0 unspecified atom stereocenters. The molecule has 1 aromatic carbocycles. The first-order chi connectivity index (χ1) is 8.90. The van der Waals surface area contributed by atoms with Crippen LogP contribution in [0.4, 0.5) is 5.69 Å². The maximum absolute atomic E-state index is 12.2. The van der Waals surface area contributed by atoms with Gasteiger partial charge in [-0.25, -0.2) is 8.42 Å². The van der Waals surface area contributed by atoms with Gasteiger partial charge in [-0.05, 0) is 37.6 Å². The Balaban J connectivity index is 2.44. The lowest BCUT2D eigenvalue weighted by Gasteiger charge is -2.10. The van der Waals surface area contributed by atoms with Gasteiger partial charge in [0.15, 0.2) is 0 Å². The third-order valence-electron chi connectivity index (χ3n) is 2.68. The van der Waals surface area contributed by atoms with Crippen LogP contribution >= 0.6 is 0 Å². The number of anilines is 1. The molecule has 1 aromatic heterocycles. The number of hydrogen-bond acceptors (Lipinski definition) is 3. The molecule has 1 heterocycles. The second kappa shape index (κ2) is 4.89. The van der Waals surface area contributed by atoms with Gasteiger partial charge in [0.2, 0.25) is 0 Å². The Morgan fingerprint density at radius 1 is 1.16 bits per heavy atom. The summed E-state index contributed by atoms with van der Waals surface area (Å²) in [6.45, 7) is 3.61. The molecule has 2 N–H and O–H groups in total. The van der Waals surface area contributed by atoms with Gasteiger partial charge in [0, 0.05) is 6.20 Å². The zero-order valence-electron chi connectivity index (χ0n) is 10.6. The second-order valence-electron chi connectivity index (χ2n) is 4.29. The van der Waals surface area contributed by atoms with Crippen LogP contribution < -0.4 is 10.3 Å². The van der Waals surface area contributed by atoms with Crippen LogP contribution in [-0.4, -0.2) is 13.4 Å². The fourth-order valence-corrected chi connectivity index (χ4v) is 3.09. The zero-order valence-corrected chi connectivity index (χ0v) is 11.4. The minimum atomic E-state index is -3.75. The van der Waals surface area contributed by atoms with E-state index in [-0.39, 0.29) is 10.6 Å². The third-order valence-corrected chi connectivity index (χ3v) is 4.21. The van der Waals surface area contributed by atoms with Crippen LogP contribution in [0.15, 0.2) is 46.2 Å². The van der Waals surface area contributed by atoms with E-state index in [0.29, 0.717) is 5.56 Å². The molecule has 2 aromatic rings. The summed E-state index contributed by atoms with van der Waals surface area (Å²) >= 11 is 0. The van der Waals surface area contributed by atoms with Crippen molar-refractivity contribution in [3.63, 3.8) is 0 Å². The number of pyridine rings is 1. The van der Waals surface area contributed by atoms with Crippen LogP contribution in [0.5, 0.6) is 0 Å². The molecule has 6 heteroatoms. The summed E-state index contributed by atoms with van der Waals surface area (Å²) in [5, 5.41) is 0. The first kappa shape index (κ1) is 13.4. The minimum Gasteiger partial charge on any atom is -0.327 e. The number of nitrogens with one attached hydrogen (secondary N) is 2. The Kier molecular flexibility index (Phi) is 3.44. The minimum absolute atomic E-state index is 0.00229. The molecule has 19 heavy (non-hydrogen) atoms. The summed E-state index contributed by atoms with van der Waals surface area (Å²) in [6, 6.07) is 8.01. The first-order valence-electron chi connectivity index (χ1n) is 5.68. The lowest BCUT2D eigenvalue weighted by molar-refractivity contribution is 0.600. The maximum Gasteiger partial charge on any atom is 0.272 e. The van der Waals surface area contributed by atoms with Crippen LogP contribution in [0, 0.1) is 13.8 Å². The average molecular weight is 278 g/mol. The summed E-state index contributed by atoms with van der Waals surface area (Å²) in [6.07, 6.45) is 1.44. The number of benzene rings is 1. The molecule has 0 amide bonds. The lowest BCUT2D eigenvalue weighted by atomic mass is 10.2. The summed E-state index contributed by atoms with van der Waals surface area (Å²) in [5.41, 5.74) is 1.15. The van der Waals surface area contributed by atoms with Gasteiger partial charge < -0.3 is 4.98 Å². The van der Waals surface area contributed by atoms with Crippen molar-refractivity contribution in [1.82, 2.24) is 4.98 Å². The molecule has 0 aliphatic heterocycles. The van der Waals surface area contributed by atoms with E-state index >= 15 is 0 Å². The monoisotopic (exact) mass is 278 g/mol. The lowest BCUT2D eigenvalue weighted by Crippen LogP contribution is -2.20. The van der Waals surface area contributed by atoms with Crippen molar-refractivity contribution >= 4 is 15.7 Å². The van der Waals surface area contributed by atoms with Gasteiger partial charge in [-0.15, -0.1) is 0 Å². The first-order valence-corrected chi connectivity index (χ1v) is 7.16.